The molecule has 22 heavy (non-hydrogen) atoms. The fraction of sp³-hybridized carbons (Fsp3) is 0.588. The monoisotopic (exact) mass is 307 g/mol. The number of benzene rings is 1. The second kappa shape index (κ2) is 6.34. The predicted molar refractivity (Wildman–Crippen MR) is 80.1 cm³/mol. The Morgan fingerprint density at radius 2 is 2.23 bits per heavy atom. The topological polar surface area (TPSA) is 49.8 Å². The molecule has 5 heteroatoms. The standard InChI is InChI=1S/C17H22FNO3/c1-11-5-6-14(18)13(9-11)17(21)19-7-8-22-10-15(19)12-3-2-4-16(12)20/h5-6,9,12,15-16,20H,2-4,7-8,10H2,1H3/t12-,15+,16+/m0/s1. The van der Waals surface area contributed by atoms with Crippen LogP contribution in [0.1, 0.15) is 35.2 Å². The molecule has 0 bridgehead atoms. The lowest BCUT2D eigenvalue weighted by atomic mass is 9.93. The van der Waals surface area contributed by atoms with Crippen LogP contribution in [0.15, 0.2) is 18.2 Å². The van der Waals surface area contributed by atoms with Gasteiger partial charge < -0.3 is 14.7 Å². The van der Waals surface area contributed by atoms with Crippen molar-refractivity contribution >= 4 is 5.91 Å². The molecule has 0 unspecified atom stereocenters. The Kier molecular flexibility index (Phi) is 4.45. The molecule has 0 aromatic heterocycles. The lowest BCUT2D eigenvalue weighted by Gasteiger charge is -2.40. The van der Waals surface area contributed by atoms with Crippen molar-refractivity contribution in [3.8, 4) is 0 Å². The van der Waals surface area contributed by atoms with E-state index in [1.807, 2.05) is 6.92 Å². The normalized spacial score (nSPS) is 28.9. The maximum absolute atomic E-state index is 14.0. The smallest absolute Gasteiger partial charge is 0.257 e. The zero-order valence-corrected chi connectivity index (χ0v) is 12.8. The molecular weight excluding hydrogens is 285 g/mol. The van der Waals surface area contributed by atoms with E-state index in [0.29, 0.717) is 19.8 Å². The lowest BCUT2D eigenvalue weighted by molar-refractivity contribution is -0.0385. The molecule has 1 saturated carbocycles. The molecule has 1 amide bonds. The summed E-state index contributed by atoms with van der Waals surface area (Å²) in [6.45, 7) is 3.16. The summed E-state index contributed by atoms with van der Waals surface area (Å²) in [5.74, 6) is -0.765. The quantitative estimate of drug-likeness (QED) is 0.910. The Morgan fingerprint density at radius 1 is 1.41 bits per heavy atom. The number of rotatable bonds is 2. The number of aryl methyl sites for hydroxylation is 1. The molecule has 120 valence electrons. The Labute approximate surface area is 129 Å². The minimum atomic E-state index is -0.493. The molecule has 1 aliphatic carbocycles. The summed E-state index contributed by atoms with van der Waals surface area (Å²) in [6, 6.07) is 4.42. The average Bonchev–Trinajstić information content (AvgIpc) is 2.95. The zero-order chi connectivity index (χ0) is 15.7. The molecule has 1 heterocycles. The van der Waals surface area contributed by atoms with Crippen molar-refractivity contribution < 1.29 is 19.0 Å². The van der Waals surface area contributed by atoms with Crippen molar-refractivity contribution in [2.24, 2.45) is 5.92 Å². The molecule has 0 radical (unpaired) electrons. The summed E-state index contributed by atoms with van der Waals surface area (Å²) >= 11 is 0. The number of halogens is 1. The van der Waals surface area contributed by atoms with E-state index in [9.17, 15) is 14.3 Å². The van der Waals surface area contributed by atoms with Crippen LogP contribution in [-0.4, -0.2) is 47.8 Å². The van der Waals surface area contributed by atoms with Gasteiger partial charge >= 0.3 is 0 Å². The van der Waals surface area contributed by atoms with Gasteiger partial charge in [-0.05, 0) is 31.9 Å². The van der Waals surface area contributed by atoms with Crippen molar-refractivity contribution in [1.29, 1.82) is 0 Å². The van der Waals surface area contributed by atoms with Crippen LogP contribution in [0.25, 0.3) is 0 Å². The number of hydrogen-bond acceptors (Lipinski definition) is 3. The summed E-state index contributed by atoms with van der Waals surface area (Å²) in [7, 11) is 0. The fourth-order valence-corrected chi connectivity index (χ4v) is 3.61. The minimum absolute atomic E-state index is 0.0251. The first-order valence-electron chi connectivity index (χ1n) is 7.91. The highest BCUT2D eigenvalue weighted by Crippen LogP contribution is 2.33. The van der Waals surface area contributed by atoms with Gasteiger partial charge in [-0.25, -0.2) is 4.39 Å². The summed E-state index contributed by atoms with van der Waals surface area (Å²) in [5.41, 5.74) is 0.967. The van der Waals surface area contributed by atoms with Crippen molar-refractivity contribution in [3.63, 3.8) is 0 Å². The number of hydrogen-bond donors (Lipinski definition) is 1. The number of carbonyl (C=O) groups excluding carboxylic acids is 1. The van der Waals surface area contributed by atoms with Crippen LogP contribution in [0.2, 0.25) is 0 Å². The Hall–Kier alpha value is -1.46. The lowest BCUT2D eigenvalue weighted by Crippen LogP contribution is -2.53. The summed E-state index contributed by atoms with van der Waals surface area (Å²) < 4.78 is 19.5. The number of nitrogens with zero attached hydrogens (tertiary/aromatic N) is 1. The molecular formula is C17H22FNO3. The number of ether oxygens (including phenoxy) is 1. The number of amides is 1. The summed E-state index contributed by atoms with van der Waals surface area (Å²) in [4.78, 5) is 14.5. The van der Waals surface area contributed by atoms with Crippen LogP contribution < -0.4 is 0 Å². The van der Waals surface area contributed by atoms with Crippen LogP contribution in [0, 0.1) is 18.7 Å². The summed E-state index contributed by atoms with van der Waals surface area (Å²) in [5, 5.41) is 10.1. The van der Waals surface area contributed by atoms with Crippen molar-refractivity contribution in [3.05, 3.63) is 35.1 Å². The van der Waals surface area contributed by atoms with E-state index in [2.05, 4.69) is 0 Å². The van der Waals surface area contributed by atoms with Gasteiger partial charge in [0.2, 0.25) is 0 Å². The van der Waals surface area contributed by atoms with Gasteiger partial charge in [0.15, 0.2) is 0 Å². The van der Waals surface area contributed by atoms with Gasteiger partial charge in [-0.15, -0.1) is 0 Å². The van der Waals surface area contributed by atoms with Crippen LogP contribution in [-0.2, 0) is 4.74 Å². The molecule has 1 aromatic carbocycles. The molecule has 0 spiro atoms. The molecule has 3 rings (SSSR count). The second-order valence-corrected chi connectivity index (χ2v) is 6.29. The van der Waals surface area contributed by atoms with E-state index >= 15 is 0 Å². The Balaban J connectivity index is 1.86. The van der Waals surface area contributed by atoms with Crippen LogP contribution in [0.3, 0.4) is 0 Å². The average molecular weight is 307 g/mol. The molecule has 1 N–H and O–H groups in total. The molecule has 4 nitrogen and oxygen atoms in total. The van der Waals surface area contributed by atoms with Crippen LogP contribution in [0.5, 0.6) is 0 Å². The maximum Gasteiger partial charge on any atom is 0.257 e. The van der Waals surface area contributed by atoms with Gasteiger partial charge in [-0.2, -0.15) is 0 Å². The van der Waals surface area contributed by atoms with E-state index in [4.69, 9.17) is 4.74 Å². The van der Waals surface area contributed by atoms with Crippen molar-refractivity contribution in [2.75, 3.05) is 19.8 Å². The number of carbonyl (C=O) groups is 1. The molecule has 2 fully saturated rings. The summed E-state index contributed by atoms with van der Waals surface area (Å²) in [6.07, 6.45) is 2.21. The second-order valence-electron chi connectivity index (χ2n) is 6.29. The highest BCUT2D eigenvalue weighted by atomic mass is 19.1. The van der Waals surface area contributed by atoms with Gasteiger partial charge in [0.1, 0.15) is 5.82 Å². The van der Waals surface area contributed by atoms with E-state index in [0.717, 1.165) is 24.8 Å². The molecule has 3 atom stereocenters. The number of aliphatic hydroxyl groups is 1. The Morgan fingerprint density at radius 3 is 2.95 bits per heavy atom. The van der Waals surface area contributed by atoms with E-state index in [1.165, 1.54) is 6.07 Å². The molecule has 1 aromatic rings. The Bertz CT molecular complexity index is 563. The first kappa shape index (κ1) is 15.4. The van der Waals surface area contributed by atoms with Gasteiger partial charge in [-0.1, -0.05) is 18.1 Å². The highest BCUT2D eigenvalue weighted by Gasteiger charge is 2.40. The van der Waals surface area contributed by atoms with Crippen molar-refractivity contribution in [1.82, 2.24) is 4.90 Å². The van der Waals surface area contributed by atoms with Gasteiger partial charge in [-0.3, -0.25) is 4.79 Å². The van der Waals surface area contributed by atoms with Gasteiger partial charge in [0.25, 0.3) is 5.91 Å². The fourth-order valence-electron chi connectivity index (χ4n) is 3.61. The number of morpholine rings is 1. The first-order valence-corrected chi connectivity index (χ1v) is 7.91. The third kappa shape index (κ3) is 2.88. The first-order chi connectivity index (χ1) is 10.6. The SMILES string of the molecule is Cc1ccc(F)c(C(=O)N2CCOC[C@@H]2[C@@H]2CCC[C@H]2O)c1. The third-order valence-corrected chi connectivity index (χ3v) is 4.80. The van der Waals surface area contributed by atoms with Crippen LogP contribution >= 0.6 is 0 Å². The maximum atomic E-state index is 14.0. The van der Waals surface area contributed by atoms with E-state index in [-0.39, 0.29) is 23.4 Å². The van der Waals surface area contributed by atoms with Gasteiger partial charge in [0, 0.05) is 12.5 Å². The zero-order valence-electron chi connectivity index (χ0n) is 12.8. The van der Waals surface area contributed by atoms with Crippen molar-refractivity contribution in [2.45, 2.75) is 38.3 Å². The highest BCUT2D eigenvalue weighted by molar-refractivity contribution is 5.95. The molecule has 1 saturated heterocycles. The molecule has 1 aliphatic heterocycles. The predicted octanol–water partition coefficient (Wildman–Crippen LogP) is 2.14. The van der Waals surface area contributed by atoms with Crippen LogP contribution in [0.4, 0.5) is 4.39 Å². The number of aliphatic hydroxyl groups excluding tert-OH is 1. The molecule has 2 aliphatic rings. The van der Waals surface area contributed by atoms with E-state index in [1.54, 1.807) is 17.0 Å². The largest absolute Gasteiger partial charge is 0.393 e. The van der Waals surface area contributed by atoms with E-state index < -0.39 is 11.9 Å². The minimum Gasteiger partial charge on any atom is -0.393 e. The van der Waals surface area contributed by atoms with Gasteiger partial charge in [0.05, 0.1) is 30.9 Å². The third-order valence-electron chi connectivity index (χ3n) is 4.80.